The molecule has 5 heteroatoms. The van der Waals surface area contributed by atoms with E-state index < -0.39 is 0 Å². The first-order valence-electron chi connectivity index (χ1n) is 9.01. The van der Waals surface area contributed by atoms with Crippen LogP contribution in [0.5, 0.6) is 11.5 Å². The number of hydrogen-bond donors (Lipinski definition) is 1. The second kappa shape index (κ2) is 8.72. The molecule has 0 bridgehead atoms. The highest BCUT2D eigenvalue weighted by molar-refractivity contribution is 5.77. The fraction of sp³-hybridized carbons (Fsp3) is 0.381. The number of nitrogens with one attached hydrogen (secondary N) is 1. The maximum Gasteiger partial charge on any atom is 0.258 e. The molecule has 26 heavy (non-hydrogen) atoms. The quantitative estimate of drug-likeness (QED) is 0.830. The summed E-state index contributed by atoms with van der Waals surface area (Å²) in [5.41, 5.74) is 1.31. The van der Waals surface area contributed by atoms with Crippen LogP contribution in [0.4, 0.5) is 0 Å². The number of amides is 1. The molecule has 2 aromatic carbocycles. The molecule has 1 amide bonds. The van der Waals surface area contributed by atoms with Crippen LogP contribution in [0, 0.1) is 0 Å². The molecular weight excluding hydrogens is 328 g/mol. The molecule has 1 N–H and O–H groups in total. The molecule has 0 unspecified atom stereocenters. The number of hydrogen-bond acceptors (Lipinski definition) is 4. The number of nitrogens with zero attached hydrogens (tertiary/aromatic N) is 1. The molecule has 5 nitrogen and oxygen atoms in total. The third kappa shape index (κ3) is 4.76. The highest BCUT2D eigenvalue weighted by Crippen LogP contribution is 2.24. The fourth-order valence-corrected chi connectivity index (χ4v) is 3.29. The van der Waals surface area contributed by atoms with E-state index in [-0.39, 0.29) is 18.6 Å². The van der Waals surface area contributed by atoms with E-state index in [1.165, 1.54) is 5.56 Å². The van der Waals surface area contributed by atoms with E-state index in [0.29, 0.717) is 11.8 Å². The minimum absolute atomic E-state index is 0.0249. The van der Waals surface area contributed by atoms with Crippen LogP contribution < -0.4 is 14.8 Å². The predicted molar refractivity (Wildman–Crippen MR) is 101 cm³/mol. The van der Waals surface area contributed by atoms with Crippen molar-refractivity contribution in [3.63, 3.8) is 0 Å². The van der Waals surface area contributed by atoms with Gasteiger partial charge in [0, 0.05) is 25.2 Å². The molecule has 0 aliphatic carbocycles. The Morgan fingerprint density at radius 3 is 2.54 bits per heavy atom. The minimum atomic E-state index is -0.0833. The van der Waals surface area contributed by atoms with Gasteiger partial charge in [-0.1, -0.05) is 30.3 Å². The van der Waals surface area contributed by atoms with Gasteiger partial charge < -0.3 is 14.8 Å². The summed E-state index contributed by atoms with van der Waals surface area (Å²) < 4.78 is 10.6. The highest BCUT2D eigenvalue weighted by atomic mass is 16.5. The second-order valence-electron chi connectivity index (χ2n) is 6.60. The molecule has 2 aromatic rings. The summed E-state index contributed by atoms with van der Waals surface area (Å²) in [4.78, 5) is 14.6. The van der Waals surface area contributed by atoms with Gasteiger partial charge in [0.25, 0.3) is 5.91 Å². The zero-order valence-electron chi connectivity index (χ0n) is 15.4. The number of ether oxygens (including phenoxy) is 2. The van der Waals surface area contributed by atoms with Crippen molar-refractivity contribution in [1.29, 1.82) is 0 Å². The van der Waals surface area contributed by atoms with Crippen LogP contribution >= 0.6 is 0 Å². The fourth-order valence-electron chi connectivity index (χ4n) is 3.29. The number of likely N-dealkylation sites (tertiary alicyclic amines) is 1. The summed E-state index contributed by atoms with van der Waals surface area (Å²) in [6.07, 6.45) is 0.964. The first-order valence-corrected chi connectivity index (χ1v) is 9.01. The number of rotatable bonds is 7. The van der Waals surface area contributed by atoms with Gasteiger partial charge in [0.15, 0.2) is 6.61 Å². The molecule has 138 valence electrons. The SMILES string of the molecule is COc1ccc(OCC(=O)N[C@@H]2CCN([C@H](C)c3ccccc3)C2)cc1. The lowest BCUT2D eigenvalue weighted by atomic mass is 10.1. The number of benzene rings is 2. The lowest BCUT2D eigenvalue weighted by molar-refractivity contribution is -0.123. The monoisotopic (exact) mass is 354 g/mol. The summed E-state index contributed by atoms with van der Waals surface area (Å²) in [7, 11) is 1.62. The Morgan fingerprint density at radius 2 is 1.85 bits per heavy atom. The minimum Gasteiger partial charge on any atom is -0.497 e. The molecule has 2 atom stereocenters. The van der Waals surface area contributed by atoms with Crippen molar-refractivity contribution in [2.45, 2.75) is 25.4 Å². The van der Waals surface area contributed by atoms with E-state index in [4.69, 9.17) is 9.47 Å². The van der Waals surface area contributed by atoms with Crippen LogP contribution in [0.15, 0.2) is 54.6 Å². The molecule has 1 saturated heterocycles. The third-order valence-corrected chi connectivity index (χ3v) is 4.84. The Bertz CT molecular complexity index is 703. The summed E-state index contributed by atoms with van der Waals surface area (Å²) in [5, 5.41) is 3.08. The van der Waals surface area contributed by atoms with Crippen molar-refractivity contribution in [2.75, 3.05) is 26.8 Å². The largest absolute Gasteiger partial charge is 0.497 e. The van der Waals surface area contributed by atoms with E-state index >= 15 is 0 Å². The molecule has 1 fully saturated rings. The zero-order valence-corrected chi connectivity index (χ0v) is 15.4. The summed E-state index contributed by atoms with van der Waals surface area (Å²) in [6.45, 7) is 4.09. The van der Waals surface area contributed by atoms with Gasteiger partial charge in [-0.2, -0.15) is 0 Å². The van der Waals surface area contributed by atoms with Gasteiger partial charge in [0.05, 0.1) is 7.11 Å². The third-order valence-electron chi connectivity index (χ3n) is 4.84. The topological polar surface area (TPSA) is 50.8 Å². The van der Waals surface area contributed by atoms with Gasteiger partial charge in [0.1, 0.15) is 11.5 Å². The molecule has 0 radical (unpaired) electrons. The molecular formula is C21H26N2O3. The Hall–Kier alpha value is -2.53. The van der Waals surface area contributed by atoms with Crippen molar-refractivity contribution in [1.82, 2.24) is 10.2 Å². The molecule has 0 spiro atoms. The average molecular weight is 354 g/mol. The Kier molecular flexibility index (Phi) is 6.12. The van der Waals surface area contributed by atoms with Crippen molar-refractivity contribution >= 4 is 5.91 Å². The van der Waals surface area contributed by atoms with Crippen molar-refractivity contribution in [2.24, 2.45) is 0 Å². The van der Waals surface area contributed by atoms with Crippen LogP contribution in [0.25, 0.3) is 0 Å². The Morgan fingerprint density at radius 1 is 1.15 bits per heavy atom. The van der Waals surface area contributed by atoms with Crippen LogP contribution in [-0.4, -0.2) is 43.7 Å². The molecule has 1 aliphatic heterocycles. The van der Waals surface area contributed by atoms with Crippen LogP contribution in [0.1, 0.15) is 24.9 Å². The first kappa shape index (κ1) is 18.3. The number of carbonyl (C=O) groups is 1. The van der Waals surface area contributed by atoms with E-state index in [1.54, 1.807) is 19.2 Å². The highest BCUT2D eigenvalue weighted by Gasteiger charge is 2.27. The Balaban J connectivity index is 1.43. The molecule has 1 aliphatic rings. The summed E-state index contributed by atoms with van der Waals surface area (Å²) >= 11 is 0. The normalized spacial score (nSPS) is 18.3. The van der Waals surface area contributed by atoms with E-state index in [1.807, 2.05) is 18.2 Å². The molecule has 0 saturated carbocycles. The lowest BCUT2D eigenvalue weighted by Crippen LogP contribution is -2.40. The second-order valence-corrected chi connectivity index (χ2v) is 6.60. The van der Waals surface area contributed by atoms with Crippen LogP contribution in [-0.2, 0) is 4.79 Å². The first-order chi connectivity index (χ1) is 12.7. The molecule has 0 aromatic heterocycles. The van der Waals surface area contributed by atoms with Crippen molar-refractivity contribution in [3.05, 3.63) is 60.2 Å². The van der Waals surface area contributed by atoms with Gasteiger partial charge in [-0.05, 0) is 43.2 Å². The summed E-state index contributed by atoms with van der Waals surface area (Å²) in [6, 6.07) is 18.2. The average Bonchev–Trinajstić information content (AvgIpc) is 3.15. The van der Waals surface area contributed by atoms with E-state index in [0.717, 1.165) is 25.3 Å². The maximum absolute atomic E-state index is 12.2. The number of methoxy groups -OCH3 is 1. The zero-order chi connectivity index (χ0) is 18.4. The van der Waals surface area contributed by atoms with Gasteiger partial charge in [-0.15, -0.1) is 0 Å². The van der Waals surface area contributed by atoms with Crippen molar-refractivity contribution < 1.29 is 14.3 Å². The van der Waals surface area contributed by atoms with Gasteiger partial charge in [0.2, 0.25) is 0 Å². The van der Waals surface area contributed by atoms with Gasteiger partial charge >= 0.3 is 0 Å². The molecule has 3 rings (SSSR count). The van der Waals surface area contributed by atoms with Gasteiger partial charge in [-0.3, -0.25) is 9.69 Å². The number of carbonyl (C=O) groups excluding carboxylic acids is 1. The van der Waals surface area contributed by atoms with Gasteiger partial charge in [-0.25, -0.2) is 0 Å². The smallest absolute Gasteiger partial charge is 0.258 e. The maximum atomic E-state index is 12.2. The molecule has 1 heterocycles. The van der Waals surface area contributed by atoms with Crippen LogP contribution in [0.3, 0.4) is 0 Å². The standard InChI is InChI=1S/C21H26N2O3/c1-16(17-6-4-3-5-7-17)23-13-12-18(14-23)22-21(24)15-26-20-10-8-19(25-2)9-11-20/h3-11,16,18H,12-15H2,1-2H3,(H,22,24)/t16-,18-/m1/s1. The summed E-state index contributed by atoms with van der Waals surface area (Å²) in [5.74, 6) is 1.34. The van der Waals surface area contributed by atoms with Crippen molar-refractivity contribution in [3.8, 4) is 11.5 Å². The Labute approximate surface area is 154 Å². The lowest BCUT2D eigenvalue weighted by Gasteiger charge is -2.24. The van der Waals surface area contributed by atoms with Crippen LogP contribution in [0.2, 0.25) is 0 Å². The predicted octanol–water partition coefficient (Wildman–Crippen LogP) is 3.03. The van der Waals surface area contributed by atoms with E-state index in [2.05, 4.69) is 41.4 Å². The van der Waals surface area contributed by atoms with E-state index in [9.17, 15) is 4.79 Å².